The Morgan fingerprint density at radius 3 is 0.833 bits per heavy atom. The predicted molar refractivity (Wildman–Crippen MR) is 28.9 cm³/mol. The van der Waals surface area contributed by atoms with E-state index in [-0.39, 0.29) is 16.1 Å². The van der Waals surface area contributed by atoms with Crippen LogP contribution in [0.3, 0.4) is 0 Å². The lowest BCUT2D eigenvalue weighted by Crippen LogP contribution is -1.63. The molecule has 0 aromatic rings. The minimum atomic E-state index is 0.0216. The van der Waals surface area contributed by atoms with Crippen molar-refractivity contribution in [2.24, 2.45) is 0 Å². The summed E-state index contributed by atoms with van der Waals surface area (Å²) in [7, 11) is 0. The molecule has 0 aromatic heterocycles. The molecule has 1 aliphatic carbocycles. The highest BCUT2D eigenvalue weighted by Crippen LogP contribution is 2.39. The number of hydrogen-bond donors (Lipinski definition) is 0. The highest BCUT2D eigenvalue weighted by atomic mass is 35.5. The molecule has 0 aromatic carbocycles. The first-order chi connectivity index (χ1) is 2.73. The fourth-order valence-electron chi connectivity index (χ4n) is 0.208. The minimum Gasteiger partial charge on any atom is -0.120 e. The monoisotopic (exact) mass is 144 g/mol. The third-order valence-electron chi connectivity index (χ3n) is 0.772. The van der Waals surface area contributed by atoms with E-state index in [1.54, 1.807) is 0 Å². The van der Waals surface area contributed by atoms with Crippen LogP contribution in [0.25, 0.3) is 0 Å². The molecule has 0 nitrogen and oxygen atoms in total. The van der Waals surface area contributed by atoms with Gasteiger partial charge in [0.15, 0.2) is 0 Å². The summed E-state index contributed by atoms with van der Waals surface area (Å²) in [5.74, 6) is 0. The van der Waals surface area contributed by atoms with Gasteiger partial charge in [0, 0.05) is 0 Å². The van der Waals surface area contributed by atoms with Crippen molar-refractivity contribution in [3.63, 3.8) is 0 Å². The highest BCUT2D eigenvalue weighted by Gasteiger charge is 2.46. The van der Waals surface area contributed by atoms with Gasteiger partial charge in [-0.05, 0) is 0 Å². The molecular formula is C3H3Cl3. The third-order valence-corrected chi connectivity index (χ3v) is 2.79. The maximum Gasteiger partial charge on any atom is 0.0693 e. The second-order valence-corrected chi connectivity index (χ2v) is 2.85. The molecule has 1 aliphatic rings. The molecule has 0 bridgehead atoms. The van der Waals surface area contributed by atoms with Crippen molar-refractivity contribution >= 4 is 34.8 Å². The molecule has 0 atom stereocenters. The van der Waals surface area contributed by atoms with E-state index in [0.29, 0.717) is 0 Å². The van der Waals surface area contributed by atoms with Crippen molar-refractivity contribution < 1.29 is 0 Å². The van der Waals surface area contributed by atoms with Crippen LogP contribution >= 0.6 is 34.8 Å². The first-order valence-corrected chi connectivity index (χ1v) is 2.96. The van der Waals surface area contributed by atoms with Crippen LogP contribution in [0.2, 0.25) is 0 Å². The molecule has 0 spiro atoms. The average molecular weight is 145 g/mol. The topological polar surface area (TPSA) is 0 Å². The van der Waals surface area contributed by atoms with E-state index < -0.39 is 0 Å². The van der Waals surface area contributed by atoms with Crippen molar-refractivity contribution in [1.29, 1.82) is 0 Å². The number of rotatable bonds is 0. The van der Waals surface area contributed by atoms with Crippen molar-refractivity contribution in [3.05, 3.63) is 0 Å². The van der Waals surface area contributed by atoms with Gasteiger partial charge >= 0.3 is 0 Å². The number of halogens is 3. The maximum absolute atomic E-state index is 5.42. The molecule has 1 fully saturated rings. The van der Waals surface area contributed by atoms with E-state index in [9.17, 15) is 0 Å². The average Bonchev–Trinajstić information content (AvgIpc) is 1.94. The van der Waals surface area contributed by atoms with Crippen LogP contribution in [-0.4, -0.2) is 16.1 Å². The van der Waals surface area contributed by atoms with Crippen molar-refractivity contribution in [2.45, 2.75) is 16.1 Å². The molecule has 3 heteroatoms. The van der Waals surface area contributed by atoms with Gasteiger partial charge in [-0.2, -0.15) is 0 Å². The zero-order valence-corrected chi connectivity index (χ0v) is 5.13. The fraction of sp³-hybridized carbons (Fsp3) is 1.00. The lowest BCUT2D eigenvalue weighted by Gasteiger charge is -1.60. The van der Waals surface area contributed by atoms with Crippen LogP contribution in [0, 0.1) is 0 Å². The molecule has 6 heavy (non-hydrogen) atoms. The zero-order valence-electron chi connectivity index (χ0n) is 2.87. The maximum atomic E-state index is 5.42. The van der Waals surface area contributed by atoms with Gasteiger partial charge in [0.25, 0.3) is 0 Å². The molecule has 0 amide bonds. The molecule has 1 rings (SSSR count). The lowest BCUT2D eigenvalue weighted by atomic mass is 11.0. The van der Waals surface area contributed by atoms with Crippen molar-refractivity contribution in [1.82, 2.24) is 0 Å². The Kier molecular flexibility index (Phi) is 1.19. The van der Waals surface area contributed by atoms with Crippen LogP contribution in [0.4, 0.5) is 0 Å². The highest BCUT2D eigenvalue weighted by molar-refractivity contribution is 6.44. The van der Waals surface area contributed by atoms with E-state index in [2.05, 4.69) is 0 Å². The molecule has 0 unspecified atom stereocenters. The Bertz CT molecular complexity index is 42.8. The minimum absolute atomic E-state index is 0.0216. The third kappa shape index (κ3) is 0.617. The SMILES string of the molecule is ClC1C(Cl)C1Cl. The van der Waals surface area contributed by atoms with Gasteiger partial charge in [0.05, 0.1) is 16.1 Å². The molecule has 36 valence electrons. The van der Waals surface area contributed by atoms with Gasteiger partial charge in [-0.3, -0.25) is 0 Å². The Morgan fingerprint density at radius 2 is 0.833 bits per heavy atom. The summed E-state index contributed by atoms with van der Waals surface area (Å²) in [6, 6.07) is 0. The number of alkyl halides is 3. The first kappa shape index (κ1) is 5.02. The number of hydrogen-bond acceptors (Lipinski definition) is 0. The van der Waals surface area contributed by atoms with Crippen LogP contribution in [0.5, 0.6) is 0 Å². The summed E-state index contributed by atoms with van der Waals surface area (Å²) < 4.78 is 0. The van der Waals surface area contributed by atoms with E-state index in [4.69, 9.17) is 34.8 Å². The Morgan fingerprint density at radius 1 is 0.667 bits per heavy atom. The Balaban J connectivity index is 2.31. The quantitative estimate of drug-likeness (QED) is 0.456. The summed E-state index contributed by atoms with van der Waals surface area (Å²) in [5, 5.41) is 0.0648. The van der Waals surface area contributed by atoms with E-state index in [1.165, 1.54) is 0 Å². The van der Waals surface area contributed by atoms with Gasteiger partial charge in [-0.15, -0.1) is 34.8 Å². The fourth-order valence-corrected chi connectivity index (χ4v) is 1.12. The van der Waals surface area contributed by atoms with Crippen LogP contribution in [0.15, 0.2) is 0 Å². The normalized spacial score (nSPS) is 55.5. The summed E-state index contributed by atoms with van der Waals surface area (Å²) in [5.41, 5.74) is 0. The smallest absolute Gasteiger partial charge is 0.0693 e. The molecule has 0 N–H and O–H groups in total. The largest absolute Gasteiger partial charge is 0.120 e. The van der Waals surface area contributed by atoms with Crippen LogP contribution in [0.1, 0.15) is 0 Å². The lowest BCUT2D eigenvalue weighted by molar-refractivity contribution is 1.50. The van der Waals surface area contributed by atoms with Gasteiger partial charge in [-0.1, -0.05) is 0 Å². The molecule has 0 saturated heterocycles. The standard InChI is InChI=1S/C3H3Cl3/c4-1-2(5)3(1)6/h1-3H. The second-order valence-electron chi connectivity index (χ2n) is 1.33. The predicted octanol–water partition coefficient (Wildman–Crippen LogP) is 1.82. The molecular weight excluding hydrogens is 142 g/mol. The van der Waals surface area contributed by atoms with Gasteiger partial charge in [0.2, 0.25) is 0 Å². The summed E-state index contributed by atoms with van der Waals surface area (Å²) >= 11 is 16.3. The van der Waals surface area contributed by atoms with Crippen molar-refractivity contribution in [2.75, 3.05) is 0 Å². The van der Waals surface area contributed by atoms with Gasteiger partial charge in [-0.25, -0.2) is 0 Å². The first-order valence-electron chi connectivity index (χ1n) is 1.65. The van der Waals surface area contributed by atoms with Gasteiger partial charge in [0.1, 0.15) is 0 Å². The van der Waals surface area contributed by atoms with Gasteiger partial charge < -0.3 is 0 Å². The molecule has 1 saturated carbocycles. The summed E-state index contributed by atoms with van der Waals surface area (Å²) in [6.07, 6.45) is 0. The van der Waals surface area contributed by atoms with E-state index in [0.717, 1.165) is 0 Å². The molecule has 0 heterocycles. The van der Waals surface area contributed by atoms with E-state index in [1.807, 2.05) is 0 Å². The Labute approximate surface area is 51.4 Å². The Hall–Kier alpha value is 0.870. The zero-order chi connectivity index (χ0) is 4.73. The molecule has 0 radical (unpaired) electrons. The summed E-state index contributed by atoms with van der Waals surface area (Å²) in [6.45, 7) is 0. The van der Waals surface area contributed by atoms with Crippen LogP contribution in [-0.2, 0) is 0 Å². The van der Waals surface area contributed by atoms with Crippen molar-refractivity contribution in [3.8, 4) is 0 Å². The van der Waals surface area contributed by atoms with Crippen LogP contribution < -0.4 is 0 Å². The molecule has 0 aliphatic heterocycles. The second kappa shape index (κ2) is 1.43. The van der Waals surface area contributed by atoms with E-state index >= 15 is 0 Å². The summed E-state index contributed by atoms with van der Waals surface area (Å²) in [4.78, 5) is 0.